The highest BCUT2D eigenvalue weighted by Crippen LogP contribution is 2.29. The second kappa shape index (κ2) is 9.97. The summed E-state index contributed by atoms with van der Waals surface area (Å²) in [6.07, 6.45) is -1.91. The Hall–Kier alpha value is -3.85. The normalized spacial score (nSPS) is 12.8. The zero-order chi connectivity index (χ0) is 23.9. The number of anilines is 2. The van der Waals surface area contributed by atoms with Crippen LogP contribution in [0.5, 0.6) is 0 Å². The summed E-state index contributed by atoms with van der Waals surface area (Å²) in [7, 11) is 0. The van der Waals surface area contributed by atoms with Gasteiger partial charge in [-0.25, -0.2) is 4.98 Å². The van der Waals surface area contributed by atoms with E-state index in [2.05, 4.69) is 42.3 Å². The van der Waals surface area contributed by atoms with Gasteiger partial charge in [0.2, 0.25) is 11.9 Å². The Labute approximate surface area is 182 Å². The number of hydrogen-bond acceptors (Lipinski definition) is 9. The fourth-order valence-electron chi connectivity index (χ4n) is 2.28. The van der Waals surface area contributed by atoms with Crippen molar-refractivity contribution in [3.8, 4) is 17.6 Å². The molecule has 0 saturated carbocycles. The molecule has 0 fully saturated rings. The van der Waals surface area contributed by atoms with Crippen LogP contribution in [-0.2, 0) is 6.18 Å². The van der Waals surface area contributed by atoms with Gasteiger partial charge in [0.25, 0.3) is 0 Å². The molecular weight excluding hydrogens is 425 g/mol. The van der Waals surface area contributed by atoms with Gasteiger partial charge in [-0.05, 0) is 45.7 Å². The number of pyridine rings is 1. The van der Waals surface area contributed by atoms with Gasteiger partial charge < -0.3 is 15.7 Å². The van der Waals surface area contributed by atoms with Gasteiger partial charge in [0.05, 0.1) is 11.2 Å². The fourth-order valence-corrected chi connectivity index (χ4v) is 2.28. The first-order valence-corrected chi connectivity index (χ1v) is 9.19. The molecule has 0 aliphatic carbocycles. The Kier molecular flexibility index (Phi) is 7.61. The highest BCUT2D eigenvalue weighted by molar-refractivity contribution is 5.55. The van der Waals surface area contributed by atoms with E-state index in [0.29, 0.717) is 5.70 Å². The highest BCUT2D eigenvalue weighted by Gasteiger charge is 2.32. The van der Waals surface area contributed by atoms with Gasteiger partial charge in [-0.15, -0.1) is 0 Å². The average molecular weight is 446 g/mol. The number of allylic oxidation sites excluding steroid dienone is 3. The molecular formula is C20H21F3N8O. The molecule has 2 aromatic rings. The van der Waals surface area contributed by atoms with Crippen LogP contribution in [-0.4, -0.2) is 43.9 Å². The van der Waals surface area contributed by atoms with E-state index in [-0.39, 0.29) is 35.5 Å². The summed E-state index contributed by atoms with van der Waals surface area (Å²) in [6, 6.07) is 5.30. The molecule has 2 aromatic heterocycles. The van der Waals surface area contributed by atoms with Crippen molar-refractivity contribution < 1.29 is 18.3 Å². The van der Waals surface area contributed by atoms with E-state index < -0.39 is 17.5 Å². The van der Waals surface area contributed by atoms with Crippen molar-refractivity contribution in [2.24, 2.45) is 4.99 Å². The average Bonchev–Trinajstić information content (AvgIpc) is 2.70. The molecule has 0 saturated heterocycles. The summed E-state index contributed by atoms with van der Waals surface area (Å²) < 4.78 is 39.2. The molecule has 3 N–H and O–H groups in total. The van der Waals surface area contributed by atoms with E-state index in [1.54, 1.807) is 20.8 Å². The Bertz CT molecular complexity index is 1080. The molecule has 32 heavy (non-hydrogen) atoms. The van der Waals surface area contributed by atoms with Crippen LogP contribution in [0, 0.1) is 11.3 Å². The summed E-state index contributed by atoms with van der Waals surface area (Å²) >= 11 is 0. The monoisotopic (exact) mass is 446 g/mol. The van der Waals surface area contributed by atoms with Crippen LogP contribution in [0.15, 0.2) is 46.7 Å². The number of halogens is 3. The van der Waals surface area contributed by atoms with E-state index in [1.165, 1.54) is 24.4 Å². The smallest absolute Gasteiger partial charge is 0.389 e. The van der Waals surface area contributed by atoms with Crippen molar-refractivity contribution in [1.29, 1.82) is 5.26 Å². The summed E-state index contributed by atoms with van der Waals surface area (Å²) in [4.78, 5) is 19.6. The predicted octanol–water partition coefficient (Wildman–Crippen LogP) is 3.56. The summed E-state index contributed by atoms with van der Waals surface area (Å²) in [5.74, 6) is -0.121. The van der Waals surface area contributed by atoms with E-state index in [9.17, 15) is 18.3 Å². The second-order valence-electron chi connectivity index (χ2n) is 7.21. The number of alkyl halides is 3. The van der Waals surface area contributed by atoms with E-state index in [1.807, 2.05) is 6.07 Å². The summed E-state index contributed by atoms with van der Waals surface area (Å²) in [6.45, 7) is 8.10. The number of nitrogens with one attached hydrogen (secondary N) is 2. The van der Waals surface area contributed by atoms with Gasteiger partial charge in [-0.3, -0.25) is 4.99 Å². The second-order valence-corrected chi connectivity index (χ2v) is 7.21. The number of aromatic nitrogens is 4. The maximum atomic E-state index is 13.1. The lowest BCUT2D eigenvalue weighted by atomic mass is 10.1. The first kappa shape index (κ1) is 24.4. The van der Waals surface area contributed by atoms with Crippen molar-refractivity contribution in [1.82, 2.24) is 19.9 Å². The minimum atomic E-state index is -4.63. The molecule has 0 amide bonds. The van der Waals surface area contributed by atoms with Crippen LogP contribution in [0.25, 0.3) is 11.5 Å². The maximum Gasteiger partial charge on any atom is 0.433 e. The molecule has 9 nitrogen and oxygen atoms in total. The molecule has 0 aliphatic heterocycles. The third-order valence-corrected chi connectivity index (χ3v) is 3.62. The Morgan fingerprint density at radius 3 is 2.50 bits per heavy atom. The molecule has 0 bridgehead atoms. The van der Waals surface area contributed by atoms with Gasteiger partial charge in [0.15, 0.2) is 5.82 Å². The lowest BCUT2D eigenvalue weighted by Crippen LogP contribution is -2.30. The van der Waals surface area contributed by atoms with Crippen molar-refractivity contribution in [2.45, 2.75) is 32.5 Å². The minimum absolute atomic E-state index is 0.00920. The molecule has 12 heteroatoms. The van der Waals surface area contributed by atoms with Gasteiger partial charge in [-0.2, -0.15) is 33.4 Å². The third-order valence-electron chi connectivity index (χ3n) is 3.62. The fraction of sp³-hybridized carbons (Fsp3) is 0.300. The highest BCUT2D eigenvalue weighted by atomic mass is 19.4. The Morgan fingerprint density at radius 1 is 1.22 bits per heavy atom. The standard InChI is InChI=1S/C20H21F3N8O/c1-12(8-13(9-24)10-25-4)27-18-30-16(29-17(31-18)26-11-19(2,3)32)14-6-5-7-15(28-14)20(21,22)23/h5-8,10,32H,4,11H2,1-3H3,(H2,26,27,29,30,31)/b12-8+,13-10+. The zero-order valence-corrected chi connectivity index (χ0v) is 17.6. The van der Waals surface area contributed by atoms with Crippen LogP contribution >= 0.6 is 0 Å². The molecule has 0 unspecified atom stereocenters. The Morgan fingerprint density at radius 2 is 1.91 bits per heavy atom. The van der Waals surface area contributed by atoms with Gasteiger partial charge in [-0.1, -0.05) is 6.07 Å². The van der Waals surface area contributed by atoms with Crippen molar-refractivity contribution in [3.05, 3.63) is 47.4 Å². The molecule has 0 aliphatic rings. The lowest BCUT2D eigenvalue weighted by Gasteiger charge is -2.18. The quantitative estimate of drug-likeness (QED) is 0.319. The van der Waals surface area contributed by atoms with Crippen molar-refractivity contribution in [3.63, 3.8) is 0 Å². The largest absolute Gasteiger partial charge is 0.433 e. The van der Waals surface area contributed by atoms with Crippen LogP contribution in [0.3, 0.4) is 0 Å². The Balaban J connectivity index is 2.49. The predicted molar refractivity (Wildman–Crippen MR) is 113 cm³/mol. The van der Waals surface area contributed by atoms with Gasteiger partial charge >= 0.3 is 6.18 Å². The lowest BCUT2D eigenvalue weighted by molar-refractivity contribution is -0.141. The van der Waals surface area contributed by atoms with E-state index >= 15 is 0 Å². The van der Waals surface area contributed by atoms with E-state index in [0.717, 1.165) is 6.07 Å². The SMILES string of the molecule is C=N/C=C(C#N)\C=C(/C)Nc1nc(NCC(C)(C)O)nc(-c2cccc(C(F)(F)F)n2)n1. The number of aliphatic hydroxyl groups is 1. The van der Waals surface area contributed by atoms with Crippen molar-refractivity contribution in [2.75, 3.05) is 17.2 Å². The van der Waals surface area contributed by atoms with Gasteiger partial charge in [0.1, 0.15) is 17.5 Å². The number of hydrogen-bond donors (Lipinski definition) is 3. The number of nitrogens with zero attached hydrogens (tertiary/aromatic N) is 6. The summed E-state index contributed by atoms with van der Waals surface area (Å²) in [5, 5.41) is 24.7. The minimum Gasteiger partial charge on any atom is -0.389 e. The van der Waals surface area contributed by atoms with Crippen LogP contribution in [0.1, 0.15) is 26.5 Å². The van der Waals surface area contributed by atoms with E-state index in [4.69, 9.17) is 5.26 Å². The first-order valence-electron chi connectivity index (χ1n) is 9.19. The van der Waals surface area contributed by atoms with Crippen molar-refractivity contribution >= 4 is 18.6 Å². The molecule has 0 radical (unpaired) electrons. The number of nitriles is 1. The topological polar surface area (TPSA) is 132 Å². The first-order chi connectivity index (χ1) is 14.9. The van der Waals surface area contributed by atoms with Crippen LogP contribution in [0.2, 0.25) is 0 Å². The maximum absolute atomic E-state index is 13.1. The molecule has 168 valence electrons. The van der Waals surface area contributed by atoms with Gasteiger partial charge in [0, 0.05) is 18.4 Å². The summed E-state index contributed by atoms with van der Waals surface area (Å²) in [5.41, 5.74) is -1.66. The zero-order valence-electron chi connectivity index (χ0n) is 17.6. The third kappa shape index (κ3) is 7.44. The van der Waals surface area contributed by atoms with Crippen LogP contribution in [0.4, 0.5) is 25.1 Å². The molecule has 0 atom stereocenters. The molecule has 2 rings (SSSR count). The molecule has 0 spiro atoms. The molecule has 2 heterocycles. The molecule has 0 aromatic carbocycles. The number of aliphatic imine (C=N–C) groups is 1. The number of rotatable bonds is 8. The van der Waals surface area contributed by atoms with Crippen LogP contribution < -0.4 is 10.6 Å².